The molecule has 0 spiro atoms. The average molecular weight is 434 g/mol. The number of carbonyl (C=O) groups excluding carboxylic acids is 1. The first-order chi connectivity index (χ1) is 15.5. The third-order valence-electron chi connectivity index (χ3n) is 6.09. The van der Waals surface area contributed by atoms with Gasteiger partial charge in [-0.1, -0.05) is 42.8 Å². The number of amides is 1. The molecule has 0 aliphatic carbocycles. The Hall–Kier alpha value is -3.03. The van der Waals surface area contributed by atoms with Crippen molar-refractivity contribution in [3.63, 3.8) is 0 Å². The van der Waals surface area contributed by atoms with Crippen LogP contribution < -0.4 is 5.32 Å². The van der Waals surface area contributed by atoms with Crippen LogP contribution >= 0.6 is 0 Å². The molecule has 4 rings (SSSR count). The van der Waals surface area contributed by atoms with Gasteiger partial charge < -0.3 is 9.73 Å². The summed E-state index contributed by atoms with van der Waals surface area (Å²) in [4.78, 5) is 17.1. The number of hydrogen-bond acceptors (Lipinski definition) is 6. The molecule has 32 heavy (non-hydrogen) atoms. The zero-order valence-corrected chi connectivity index (χ0v) is 19.0. The second-order valence-electron chi connectivity index (χ2n) is 8.36. The van der Waals surface area contributed by atoms with Gasteiger partial charge in [0.15, 0.2) is 0 Å². The van der Waals surface area contributed by atoms with Gasteiger partial charge in [0.1, 0.15) is 0 Å². The van der Waals surface area contributed by atoms with Gasteiger partial charge in [0.05, 0.1) is 12.6 Å². The van der Waals surface area contributed by atoms with E-state index in [0.29, 0.717) is 18.3 Å². The smallest absolute Gasteiger partial charge is 0.247 e. The van der Waals surface area contributed by atoms with Crippen molar-refractivity contribution in [3.05, 3.63) is 65.5 Å². The number of hydrogen-bond donors (Lipinski definition) is 1. The zero-order chi connectivity index (χ0) is 22.5. The molecule has 1 saturated heterocycles. The van der Waals surface area contributed by atoms with Crippen molar-refractivity contribution in [1.82, 2.24) is 20.0 Å². The number of rotatable bonds is 7. The number of aryl methyl sites for hydroxylation is 2. The maximum Gasteiger partial charge on any atom is 0.247 e. The summed E-state index contributed by atoms with van der Waals surface area (Å²) in [6.45, 7) is 9.99. The monoisotopic (exact) mass is 433 g/mol. The first-order valence-electron chi connectivity index (χ1n) is 11.3. The lowest BCUT2D eigenvalue weighted by molar-refractivity contribution is -0.117. The van der Waals surface area contributed by atoms with Gasteiger partial charge in [-0.15, -0.1) is 10.2 Å². The van der Waals surface area contributed by atoms with Gasteiger partial charge in [-0.25, -0.2) is 0 Å². The molecule has 1 aliphatic heterocycles. The average Bonchev–Trinajstić information content (AvgIpc) is 3.30. The molecule has 1 aliphatic rings. The lowest BCUT2D eigenvalue weighted by Gasteiger charge is -2.36. The van der Waals surface area contributed by atoms with Crippen molar-refractivity contribution >= 4 is 11.6 Å². The molecular weight excluding hydrogens is 402 g/mol. The molecule has 1 amide bonds. The second-order valence-corrected chi connectivity index (χ2v) is 8.36. The van der Waals surface area contributed by atoms with E-state index in [9.17, 15) is 4.79 Å². The van der Waals surface area contributed by atoms with E-state index in [1.165, 1.54) is 5.56 Å². The van der Waals surface area contributed by atoms with E-state index in [1.54, 1.807) is 0 Å². The Morgan fingerprint density at radius 1 is 1.06 bits per heavy atom. The maximum atomic E-state index is 12.5. The van der Waals surface area contributed by atoms with Gasteiger partial charge in [-0.05, 0) is 44.0 Å². The Morgan fingerprint density at radius 2 is 1.78 bits per heavy atom. The van der Waals surface area contributed by atoms with Gasteiger partial charge >= 0.3 is 0 Å². The molecule has 1 aromatic heterocycles. The summed E-state index contributed by atoms with van der Waals surface area (Å²) < 4.78 is 5.96. The molecule has 1 atom stereocenters. The van der Waals surface area contributed by atoms with Crippen LogP contribution in [0.4, 0.5) is 5.69 Å². The summed E-state index contributed by atoms with van der Waals surface area (Å²) >= 11 is 0. The van der Waals surface area contributed by atoms with E-state index in [2.05, 4.69) is 52.2 Å². The maximum absolute atomic E-state index is 12.5. The predicted octanol–water partition coefficient (Wildman–Crippen LogP) is 3.92. The highest BCUT2D eigenvalue weighted by atomic mass is 16.4. The molecule has 1 fully saturated rings. The normalized spacial score (nSPS) is 16.1. The number of piperazine rings is 1. The molecule has 3 aromatic rings. The third kappa shape index (κ3) is 5.23. The van der Waals surface area contributed by atoms with Gasteiger partial charge in [0.25, 0.3) is 0 Å². The van der Waals surface area contributed by atoms with E-state index in [-0.39, 0.29) is 11.9 Å². The van der Waals surface area contributed by atoms with E-state index in [0.717, 1.165) is 49.4 Å². The van der Waals surface area contributed by atoms with Crippen LogP contribution in [0.1, 0.15) is 36.9 Å². The molecule has 7 nitrogen and oxygen atoms in total. The fraction of sp³-hybridized carbons (Fsp3) is 0.400. The summed E-state index contributed by atoms with van der Waals surface area (Å²) in [5.41, 5.74) is 4.20. The molecule has 7 heteroatoms. The number of nitrogens with zero attached hydrogens (tertiary/aromatic N) is 4. The van der Waals surface area contributed by atoms with Crippen LogP contribution in [0, 0.1) is 6.92 Å². The lowest BCUT2D eigenvalue weighted by atomic mass is 10.1. The number of anilines is 1. The Balaban J connectivity index is 1.29. The number of para-hydroxylation sites is 1. The molecule has 0 bridgehead atoms. The van der Waals surface area contributed by atoms with Crippen LogP contribution in [0.3, 0.4) is 0 Å². The van der Waals surface area contributed by atoms with Crippen molar-refractivity contribution in [1.29, 1.82) is 0 Å². The molecule has 0 radical (unpaired) electrons. The van der Waals surface area contributed by atoms with Crippen molar-refractivity contribution in [2.75, 3.05) is 38.0 Å². The summed E-state index contributed by atoms with van der Waals surface area (Å²) in [6, 6.07) is 16.1. The van der Waals surface area contributed by atoms with E-state index in [4.69, 9.17) is 4.42 Å². The van der Waals surface area contributed by atoms with E-state index in [1.807, 2.05) is 42.5 Å². The van der Waals surface area contributed by atoms with Gasteiger partial charge in [-0.2, -0.15) is 0 Å². The quantitative estimate of drug-likeness (QED) is 0.609. The van der Waals surface area contributed by atoms with Crippen molar-refractivity contribution in [2.45, 2.75) is 33.2 Å². The van der Waals surface area contributed by atoms with Crippen LogP contribution in [0.5, 0.6) is 0 Å². The Morgan fingerprint density at radius 3 is 2.50 bits per heavy atom. The van der Waals surface area contributed by atoms with Gasteiger partial charge in [0.2, 0.25) is 17.7 Å². The number of aromatic nitrogens is 2. The van der Waals surface area contributed by atoms with Gasteiger partial charge in [-0.3, -0.25) is 14.6 Å². The minimum atomic E-state index is 0.0343. The van der Waals surface area contributed by atoms with Crippen LogP contribution in [0.15, 0.2) is 52.9 Å². The van der Waals surface area contributed by atoms with Crippen molar-refractivity contribution in [2.24, 2.45) is 0 Å². The van der Waals surface area contributed by atoms with Crippen molar-refractivity contribution in [3.8, 4) is 11.5 Å². The van der Waals surface area contributed by atoms with Crippen LogP contribution in [-0.2, 0) is 11.2 Å². The molecule has 0 unspecified atom stereocenters. The molecular formula is C25H31N5O2. The van der Waals surface area contributed by atoms with E-state index >= 15 is 0 Å². The fourth-order valence-corrected chi connectivity index (χ4v) is 4.02. The standard InChI is InChI=1S/C25H31N5O2/c1-4-20-7-5-6-8-22(20)26-23(31)17-29-13-15-30(16-14-29)19(3)24-27-28-25(32-24)21-11-9-18(2)10-12-21/h5-12,19H,4,13-17H2,1-3H3,(H,26,31)/t19-/m0/s1. The highest BCUT2D eigenvalue weighted by molar-refractivity contribution is 5.93. The number of nitrogens with one attached hydrogen (secondary N) is 1. The number of benzene rings is 2. The summed E-state index contributed by atoms with van der Waals surface area (Å²) in [5.74, 6) is 1.21. The first-order valence-corrected chi connectivity index (χ1v) is 11.3. The minimum Gasteiger partial charge on any atom is -0.419 e. The third-order valence-corrected chi connectivity index (χ3v) is 6.09. The lowest BCUT2D eigenvalue weighted by Crippen LogP contribution is -2.49. The van der Waals surface area contributed by atoms with Crippen molar-refractivity contribution < 1.29 is 9.21 Å². The topological polar surface area (TPSA) is 74.5 Å². The first kappa shape index (κ1) is 22.2. The zero-order valence-electron chi connectivity index (χ0n) is 19.0. The second kappa shape index (κ2) is 10.1. The molecule has 168 valence electrons. The highest BCUT2D eigenvalue weighted by Gasteiger charge is 2.26. The van der Waals surface area contributed by atoms with Crippen LogP contribution in [0.2, 0.25) is 0 Å². The Kier molecular flexibility index (Phi) is 6.97. The molecule has 2 heterocycles. The molecule has 0 saturated carbocycles. The summed E-state index contributed by atoms with van der Waals surface area (Å²) in [5, 5.41) is 11.6. The minimum absolute atomic E-state index is 0.0343. The fourth-order valence-electron chi connectivity index (χ4n) is 4.02. The van der Waals surface area contributed by atoms with Crippen LogP contribution in [0.25, 0.3) is 11.5 Å². The van der Waals surface area contributed by atoms with E-state index < -0.39 is 0 Å². The summed E-state index contributed by atoms with van der Waals surface area (Å²) in [7, 11) is 0. The Labute approximate surface area is 189 Å². The van der Waals surface area contributed by atoms with Gasteiger partial charge in [0, 0.05) is 37.4 Å². The summed E-state index contributed by atoms with van der Waals surface area (Å²) in [6.07, 6.45) is 0.897. The van der Waals surface area contributed by atoms with Crippen LogP contribution in [-0.4, -0.2) is 58.6 Å². The largest absolute Gasteiger partial charge is 0.419 e. The molecule has 2 aromatic carbocycles. The predicted molar refractivity (Wildman–Crippen MR) is 125 cm³/mol. The highest BCUT2D eigenvalue weighted by Crippen LogP contribution is 2.25. The number of carbonyl (C=O) groups is 1. The SMILES string of the molecule is CCc1ccccc1NC(=O)CN1CCN([C@@H](C)c2nnc(-c3ccc(C)cc3)o2)CC1. The Bertz CT molecular complexity index is 1040. The molecule has 1 N–H and O–H groups in total.